The summed E-state index contributed by atoms with van der Waals surface area (Å²) in [4.78, 5) is 15.5. The summed E-state index contributed by atoms with van der Waals surface area (Å²) in [6.45, 7) is 5.16. The Morgan fingerprint density at radius 2 is 2.45 bits per heavy atom. The smallest absolute Gasteiger partial charge is 0.236 e. The van der Waals surface area contributed by atoms with Gasteiger partial charge in [0, 0.05) is 24.6 Å². The van der Waals surface area contributed by atoms with Crippen LogP contribution in [0.5, 0.6) is 0 Å². The van der Waals surface area contributed by atoms with Gasteiger partial charge in [-0.15, -0.1) is 11.3 Å². The first kappa shape index (κ1) is 15.5. The minimum atomic E-state index is 0.192. The molecule has 2 rings (SSSR count). The lowest BCUT2D eigenvalue weighted by Crippen LogP contribution is -2.41. The number of hydrogen-bond donors (Lipinski definition) is 2. The average Bonchev–Trinajstić information content (AvgIpc) is 2.93. The molecule has 5 heteroatoms. The van der Waals surface area contributed by atoms with Crippen molar-refractivity contribution in [1.29, 1.82) is 0 Å². The maximum Gasteiger partial charge on any atom is 0.236 e. The number of fused-ring (bicyclic) bond motifs is 1. The molecular formula is C15H24N2O2S. The molecule has 1 aliphatic heterocycles. The van der Waals surface area contributed by atoms with Crippen molar-refractivity contribution in [1.82, 2.24) is 10.2 Å². The topological polar surface area (TPSA) is 52.6 Å². The molecule has 4 nitrogen and oxygen atoms in total. The van der Waals surface area contributed by atoms with Crippen LogP contribution in [0.15, 0.2) is 11.4 Å². The Morgan fingerprint density at radius 1 is 1.60 bits per heavy atom. The molecule has 0 saturated carbocycles. The van der Waals surface area contributed by atoms with Gasteiger partial charge in [-0.2, -0.15) is 0 Å². The number of aliphatic hydroxyl groups is 1. The molecule has 1 unspecified atom stereocenters. The van der Waals surface area contributed by atoms with Crippen LogP contribution in [0.3, 0.4) is 0 Å². The van der Waals surface area contributed by atoms with E-state index >= 15 is 0 Å². The molecule has 1 aromatic rings. The number of nitrogens with zero attached hydrogens (tertiary/aromatic N) is 1. The van der Waals surface area contributed by atoms with Crippen LogP contribution >= 0.6 is 11.3 Å². The fourth-order valence-electron chi connectivity index (χ4n) is 2.44. The second-order valence-electron chi connectivity index (χ2n) is 5.54. The van der Waals surface area contributed by atoms with Gasteiger partial charge in [0.05, 0.1) is 6.54 Å². The van der Waals surface area contributed by atoms with Gasteiger partial charge in [0.2, 0.25) is 5.91 Å². The van der Waals surface area contributed by atoms with Gasteiger partial charge in [-0.05, 0) is 48.7 Å². The molecule has 112 valence electrons. The highest BCUT2D eigenvalue weighted by molar-refractivity contribution is 7.10. The number of rotatable bonds is 7. The van der Waals surface area contributed by atoms with E-state index in [0.29, 0.717) is 12.5 Å². The predicted molar refractivity (Wildman–Crippen MR) is 81.8 cm³/mol. The van der Waals surface area contributed by atoms with Crippen molar-refractivity contribution in [3.8, 4) is 0 Å². The van der Waals surface area contributed by atoms with Crippen LogP contribution in [0.2, 0.25) is 0 Å². The summed E-state index contributed by atoms with van der Waals surface area (Å²) in [5.41, 5.74) is 1.31. The van der Waals surface area contributed by atoms with E-state index in [1.807, 2.05) is 11.8 Å². The molecule has 0 aliphatic carbocycles. The van der Waals surface area contributed by atoms with Gasteiger partial charge < -0.3 is 15.3 Å². The molecule has 1 aliphatic rings. The minimum Gasteiger partial charge on any atom is -0.396 e. The van der Waals surface area contributed by atoms with E-state index in [-0.39, 0.29) is 12.5 Å². The Balaban J connectivity index is 1.64. The van der Waals surface area contributed by atoms with Crippen LogP contribution in [0.25, 0.3) is 0 Å². The van der Waals surface area contributed by atoms with Crippen LogP contribution in [0.4, 0.5) is 0 Å². The number of carbonyl (C=O) groups is 1. The second kappa shape index (κ2) is 7.76. The summed E-state index contributed by atoms with van der Waals surface area (Å²) in [5.74, 6) is 0.545. The average molecular weight is 296 g/mol. The van der Waals surface area contributed by atoms with Gasteiger partial charge in [0.15, 0.2) is 0 Å². The normalized spacial score (nSPS) is 16.0. The maximum absolute atomic E-state index is 12.1. The lowest BCUT2D eigenvalue weighted by atomic mass is 10.1. The maximum atomic E-state index is 12.1. The van der Waals surface area contributed by atoms with Crippen molar-refractivity contribution in [3.63, 3.8) is 0 Å². The van der Waals surface area contributed by atoms with Crippen LogP contribution in [-0.4, -0.2) is 42.2 Å². The summed E-state index contributed by atoms with van der Waals surface area (Å²) in [6, 6.07) is 2.13. The summed E-state index contributed by atoms with van der Waals surface area (Å²) in [6.07, 6.45) is 3.00. The number of aliphatic hydroxyl groups excluding tert-OH is 1. The zero-order valence-electron chi connectivity index (χ0n) is 12.1. The van der Waals surface area contributed by atoms with Crippen molar-refractivity contribution >= 4 is 17.2 Å². The number of carbonyl (C=O) groups excluding carboxylic acids is 1. The van der Waals surface area contributed by atoms with Gasteiger partial charge in [-0.25, -0.2) is 0 Å². The van der Waals surface area contributed by atoms with E-state index in [4.69, 9.17) is 5.11 Å². The number of amides is 1. The molecule has 1 atom stereocenters. The first-order chi connectivity index (χ1) is 9.70. The third-order valence-corrected chi connectivity index (χ3v) is 4.82. The minimum absolute atomic E-state index is 0.192. The Bertz CT molecular complexity index is 433. The molecule has 2 heterocycles. The first-order valence-corrected chi connectivity index (χ1v) is 8.23. The van der Waals surface area contributed by atoms with Gasteiger partial charge in [0.1, 0.15) is 0 Å². The SMILES string of the molecule is CC(CO)CCCNCC(=O)N1CCc2sccc2C1. The van der Waals surface area contributed by atoms with Crippen molar-refractivity contribution < 1.29 is 9.90 Å². The highest BCUT2D eigenvalue weighted by atomic mass is 32.1. The lowest BCUT2D eigenvalue weighted by Gasteiger charge is -2.27. The van der Waals surface area contributed by atoms with Gasteiger partial charge in [-0.3, -0.25) is 4.79 Å². The van der Waals surface area contributed by atoms with Crippen molar-refractivity contribution in [2.75, 3.05) is 26.2 Å². The third-order valence-electron chi connectivity index (χ3n) is 3.80. The molecule has 0 aromatic carbocycles. The van der Waals surface area contributed by atoms with E-state index in [9.17, 15) is 4.79 Å². The molecular weight excluding hydrogens is 272 g/mol. The fraction of sp³-hybridized carbons (Fsp3) is 0.667. The standard InChI is InChI=1S/C15H24N2O2S/c1-12(11-18)3-2-6-16-9-15(19)17-7-4-14-13(10-17)5-8-20-14/h5,8,12,16,18H,2-4,6-7,9-11H2,1H3. The van der Waals surface area contributed by atoms with Crippen LogP contribution in [0.1, 0.15) is 30.2 Å². The lowest BCUT2D eigenvalue weighted by molar-refractivity contribution is -0.131. The third kappa shape index (κ3) is 4.30. The molecule has 20 heavy (non-hydrogen) atoms. The molecule has 2 N–H and O–H groups in total. The molecule has 1 amide bonds. The second-order valence-corrected chi connectivity index (χ2v) is 6.54. The number of thiophene rings is 1. The van der Waals surface area contributed by atoms with Crippen molar-refractivity contribution in [2.24, 2.45) is 5.92 Å². The van der Waals surface area contributed by atoms with Gasteiger partial charge in [0.25, 0.3) is 0 Å². The van der Waals surface area contributed by atoms with Gasteiger partial charge in [-0.1, -0.05) is 6.92 Å². The summed E-state index contributed by atoms with van der Waals surface area (Å²) < 4.78 is 0. The molecule has 0 bridgehead atoms. The van der Waals surface area contributed by atoms with E-state index < -0.39 is 0 Å². The first-order valence-electron chi connectivity index (χ1n) is 7.35. The Kier molecular flexibility index (Phi) is 6.01. The van der Waals surface area contributed by atoms with Gasteiger partial charge >= 0.3 is 0 Å². The molecule has 0 radical (unpaired) electrons. The zero-order valence-corrected chi connectivity index (χ0v) is 12.9. The van der Waals surface area contributed by atoms with Crippen LogP contribution in [0, 0.1) is 5.92 Å². The summed E-state index contributed by atoms with van der Waals surface area (Å²) in [5, 5.41) is 14.3. The molecule has 0 spiro atoms. The highest BCUT2D eigenvalue weighted by Crippen LogP contribution is 2.23. The Labute approximate surface area is 124 Å². The Hall–Kier alpha value is -0.910. The zero-order chi connectivity index (χ0) is 14.4. The highest BCUT2D eigenvalue weighted by Gasteiger charge is 2.20. The van der Waals surface area contributed by atoms with Crippen molar-refractivity contribution in [2.45, 2.75) is 32.7 Å². The van der Waals surface area contributed by atoms with Crippen LogP contribution in [-0.2, 0) is 17.8 Å². The van der Waals surface area contributed by atoms with E-state index in [1.165, 1.54) is 10.4 Å². The van der Waals surface area contributed by atoms with E-state index in [2.05, 4.69) is 16.8 Å². The number of hydrogen-bond acceptors (Lipinski definition) is 4. The molecule has 0 fully saturated rings. The quantitative estimate of drug-likeness (QED) is 0.752. The Morgan fingerprint density at radius 3 is 3.25 bits per heavy atom. The molecule has 1 aromatic heterocycles. The summed E-state index contributed by atoms with van der Waals surface area (Å²) in [7, 11) is 0. The largest absolute Gasteiger partial charge is 0.396 e. The summed E-state index contributed by atoms with van der Waals surface area (Å²) >= 11 is 1.79. The van der Waals surface area contributed by atoms with Crippen molar-refractivity contribution in [3.05, 3.63) is 21.9 Å². The molecule has 0 saturated heterocycles. The van der Waals surface area contributed by atoms with E-state index in [1.54, 1.807) is 11.3 Å². The predicted octanol–water partition coefficient (Wildman–Crippen LogP) is 1.63. The van der Waals surface area contributed by atoms with E-state index in [0.717, 1.165) is 38.9 Å². The monoisotopic (exact) mass is 296 g/mol. The fourth-order valence-corrected chi connectivity index (χ4v) is 3.32. The van der Waals surface area contributed by atoms with Crippen LogP contribution < -0.4 is 5.32 Å². The number of nitrogens with one attached hydrogen (secondary N) is 1.